The van der Waals surface area contributed by atoms with Crippen molar-refractivity contribution in [3.63, 3.8) is 0 Å². The van der Waals surface area contributed by atoms with Gasteiger partial charge in [-0.1, -0.05) is 18.2 Å². The molecule has 1 aliphatic heterocycles. The van der Waals surface area contributed by atoms with E-state index in [0.717, 1.165) is 37.8 Å². The van der Waals surface area contributed by atoms with Crippen LogP contribution in [0.4, 0.5) is 5.69 Å². The monoisotopic (exact) mass is 387 g/mol. The van der Waals surface area contributed by atoms with E-state index in [1.54, 1.807) is 4.90 Å². The van der Waals surface area contributed by atoms with Gasteiger partial charge in [0.2, 0.25) is 0 Å². The van der Waals surface area contributed by atoms with Crippen molar-refractivity contribution < 1.29 is 14.3 Å². The fourth-order valence-electron chi connectivity index (χ4n) is 6.69. The van der Waals surface area contributed by atoms with Crippen LogP contribution < -0.4 is 4.90 Å². The number of nitrogens with zero attached hydrogens (tertiary/aromatic N) is 1. The molecule has 0 radical (unpaired) electrons. The summed E-state index contributed by atoms with van der Waals surface area (Å²) in [6, 6.07) is 8.06. The number of fused-ring (bicyclic) bond motifs is 1. The lowest BCUT2D eigenvalue weighted by Crippen LogP contribution is -2.56. The first-order chi connectivity index (χ1) is 12.9. The first-order valence-electron chi connectivity index (χ1n) is 10.1. The number of hydrogen-bond acceptors (Lipinski definition) is 3. The van der Waals surface area contributed by atoms with E-state index in [1.165, 1.54) is 12.0 Å². The van der Waals surface area contributed by atoms with Gasteiger partial charge in [0.15, 0.2) is 6.61 Å². The third-order valence-electron chi connectivity index (χ3n) is 7.23. The Labute approximate surface area is 165 Å². The van der Waals surface area contributed by atoms with Gasteiger partial charge in [-0.15, -0.1) is 11.6 Å². The summed E-state index contributed by atoms with van der Waals surface area (Å²) >= 11 is 6.82. The topological polar surface area (TPSA) is 46.6 Å². The van der Waals surface area contributed by atoms with Crippen molar-refractivity contribution in [3.05, 3.63) is 29.8 Å². The number of para-hydroxylation sites is 1. The van der Waals surface area contributed by atoms with E-state index < -0.39 is 5.41 Å². The average molecular weight is 388 g/mol. The summed E-state index contributed by atoms with van der Waals surface area (Å²) in [7, 11) is 0. The normalized spacial score (nSPS) is 38.7. The number of rotatable bonds is 3. The van der Waals surface area contributed by atoms with E-state index in [1.807, 2.05) is 25.1 Å². The third-order valence-corrected chi connectivity index (χ3v) is 7.67. The van der Waals surface area contributed by atoms with Crippen LogP contribution >= 0.6 is 11.6 Å². The Morgan fingerprint density at radius 3 is 2.59 bits per heavy atom. The van der Waals surface area contributed by atoms with E-state index in [0.29, 0.717) is 18.3 Å². The molecule has 1 amide bonds. The van der Waals surface area contributed by atoms with Crippen LogP contribution in [0.25, 0.3) is 0 Å². The van der Waals surface area contributed by atoms with Gasteiger partial charge in [0.1, 0.15) is 0 Å². The highest BCUT2D eigenvalue weighted by molar-refractivity contribution is 6.24. The lowest BCUT2D eigenvalue weighted by molar-refractivity contribution is -0.171. The van der Waals surface area contributed by atoms with Crippen LogP contribution in [-0.2, 0) is 20.7 Å². The van der Waals surface area contributed by atoms with Crippen molar-refractivity contribution >= 4 is 29.2 Å². The van der Waals surface area contributed by atoms with Crippen molar-refractivity contribution in [2.45, 2.75) is 62.8 Å². The van der Waals surface area contributed by atoms with E-state index in [9.17, 15) is 9.59 Å². The molecule has 6 rings (SSSR count). The number of halogens is 1. The number of anilines is 1. The van der Waals surface area contributed by atoms with Crippen LogP contribution in [-0.4, -0.2) is 29.4 Å². The molecule has 0 N–H and O–H groups in total. The van der Waals surface area contributed by atoms with Gasteiger partial charge in [0.05, 0.1) is 5.41 Å². The molecule has 5 heteroatoms. The molecule has 0 spiro atoms. The zero-order valence-electron chi connectivity index (χ0n) is 15.7. The molecule has 1 aromatic carbocycles. The molecule has 144 valence electrons. The Bertz CT molecular complexity index is 793. The molecule has 4 bridgehead atoms. The number of amides is 1. The van der Waals surface area contributed by atoms with Crippen LogP contribution in [0.15, 0.2) is 24.3 Å². The number of esters is 1. The Balaban J connectivity index is 1.28. The number of carbonyl (C=O) groups is 2. The van der Waals surface area contributed by atoms with Gasteiger partial charge < -0.3 is 9.64 Å². The minimum Gasteiger partial charge on any atom is -0.455 e. The summed E-state index contributed by atoms with van der Waals surface area (Å²) in [5, 5.41) is 0. The molecule has 4 fully saturated rings. The molecule has 4 nitrogen and oxygen atoms in total. The fourth-order valence-corrected chi connectivity index (χ4v) is 7.38. The fraction of sp³-hybridized carbons (Fsp3) is 0.636. The lowest BCUT2D eigenvalue weighted by Gasteiger charge is -2.58. The molecule has 4 aliphatic carbocycles. The Kier molecular flexibility index (Phi) is 3.88. The average Bonchev–Trinajstić information content (AvgIpc) is 2.93. The highest BCUT2D eigenvalue weighted by atomic mass is 35.5. The Morgan fingerprint density at radius 1 is 1.19 bits per heavy atom. The Hall–Kier alpha value is -1.55. The standard InChI is InChI=1S/C22H26ClNO3/c1-14-6-17-4-2-3-5-18(17)24(14)19(25)12-27-20(26)21-8-15-7-16(9-21)11-22(23,10-15)13-21/h2-5,14-16H,6-13H2,1H3/t14-,15-,16+,21?,22?/m0/s1. The number of alkyl halides is 1. The second kappa shape index (κ2) is 5.97. The van der Waals surface area contributed by atoms with Gasteiger partial charge in [0, 0.05) is 16.6 Å². The van der Waals surface area contributed by atoms with Crippen molar-refractivity contribution in [3.8, 4) is 0 Å². The molecule has 0 saturated heterocycles. The van der Waals surface area contributed by atoms with Crippen LogP contribution in [0.2, 0.25) is 0 Å². The number of hydrogen-bond donors (Lipinski definition) is 0. The van der Waals surface area contributed by atoms with Gasteiger partial charge in [0.25, 0.3) is 5.91 Å². The largest absolute Gasteiger partial charge is 0.455 e. The van der Waals surface area contributed by atoms with Crippen LogP contribution in [0.3, 0.4) is 0 Å². The molecule has 0 aromatic heterocycles. The maximum atomic E-state index is 13.0. The summed E-state index contributed by atoms with van der Waals surface area (Å²) in [5.41, 5.74) is 1.66. The van der Waals surface area contributed by atoms with E-state index in [2.05, 4.69) is 6.07 Å². The predicted octanol–water partition coefficient (Wildman–Crippen LogP) is 4.09. The van der Waals surface area contributed by atoms with Crippen molar-refractivity contribution in [1.29, 1.82) is 0 Å². The van der Waals surface area contributed by atoms with Gasteiger partial charge in [-0.25, -0.2) is 0 Å². The quantitative estimate of drug-likeness (QED) is 0.579. The zero-order chi connectivity index (χ0) is 18.8. The predicted molar refractivity (Wildman–Crippen MR) is 104 cm³/mol. The molecule has 5 atom stereocenters. The molecule has 27 heavy (non-hydrogen) atoms. The maximum Gasteiger partial charge on any atom is 0.312 e. The van der Waals surface area contributed by atoms with Gasteiger partial charge in [-0.2, -0.15) is 0 Å². The zero-order valence-corrected chi connectivity index (χ0v) is 16.5. The first-order valence-corrected chi connectivity index (χ1v) is 10.5. The molecule has 5 aliphatic rings. The summed E-state index contributed by atoms with van der Waals surface area (Å²) in [4.78, 5) is 27.4. The van der Waals surface area contributed by atoms with E-state index in [-0.39, 0.29) is 29.4 Å². The van der Waals surface area contributed by atoms with Crippen molar-refractivity contribution in [2.75, 3.05) is 11.5 Å². The number of benzene rings is 1. The number of carbonyl (C=O) groups excluding carboxylic acids is 2. The van der Waals surface area contributed by atoms with E-state index in [4.69, 9.17) is 16.3 Å². The minimum absolute atomic E-state index is 0.0965. The second-order valence-electron chi connectivity index (χ2n) is 9.41. The maximum absolute atomic E-state index is 13.0. The van der Waals surface area contributed by atoms with E-state index >= 15 is 0 Å². The van der Waals surface area contributed by atoms with Gasteiger partial charge >= 0.3 is 5.97 Å². The van der Waals surface area contributed by atoms with Crippen LogP contribution in [0.1, 0.15) is 51.0 Å². The summed E-state index contributed by atoms with van der Waals surface area (Å²) < 4.78 is 5.62. The van der Waals surface area contributed by atoms with Crippen LogP contribution in [0.5, 0.6) is 0 Å². The molecule has 4 saturated carbocycles. The second-order valence-corrected chi connectivity index (χ2v) is 10.2. The third kappa shape index (κ3) is 2.79. The smallest absolute Gasteiger partial charge is 0.312 e. The first kappa shape index (κ1) is 17.5. The SMILES string of the molecule is C[C@H]1Cc2ccccc2N1C(=O)COC(=O)C12C[C@@H]3C[C@@H](CC(Cl)(C3)C1)C2. The van der Waals surface area contributed by atoms with Gasteiger partial charge in [-0.05, 0) is 75.3 Å². The van der Waals surface area contributed by atoms with Crippen LogP contribution in [0, 0.1) is 17.3 Å². The molecular formula is C22H26ClNO3. The van der Waals surface area contributed by atoms with Gasteiger partial charge in [-0.3, -0.25) is 9.59 Å². The summed E-state index contributed by atoms with van der Waals surface area (Å²) in [5.74, 6) is 0.746. The molecule has 1 aromatic rings. The molecule has 2 unspecified atom stereocenters. The summed E-state index contributed by atoms with van der Waals surface area (Å²) in [6.07, 6.45) is 6.58. The highest BCUT2D eigenvalue weighted by Crippen LogP contribution is 2.64. The number of ether oxygens (including phenoxy) is 1. The molecule has 1 heterocycles. The Morgan fingerprint density at radius 2 is 1.89 bits per heavy atom. The lowest BCUT2D eigenvalue weighted by atomic mass is 9.49. The van der Waals surface area contributed by atoms with Crippen molar-refractivity contribution in [2.24, 2.45) is 17.3 Å². The van der Waals surface area contributed by atoms with Crippen molar-refractivity contribution in [1.82, 2.24) is 0 Å². The minimum atomic E-state index is -0.458. The summed E-state index contributed by atoms with van der Waals surface area (Å²) in [6.45, 7) is 1.86. The molecular weight excluding hydrogens is 362 g/mol. The highest BCUT2D eigenvalue weighted by Gasteiger charge is 2.60.